The van der Waals surface area contributed by atoms with Crippen molar-refractivity contribution >= 4 is 55.5 Å². The number of Topliss-reactive ketones (excluding diaryl/α,β-unsaturated/α-hetero) is 1. The highest BCUT2D eigenvalue weighted by Crippen LogP contribution is 2.33. The second-order valence-electron chi connectivity index (χ2n) is 6.31. The van der Waals surface area contributed by atoms with Gasteiger partial charge in [-0.05, 0) is 49.7 Å². The van der Waals surface area contributed by atoms with Gasteiger partial charge in [-0.2, -0.15) is 0 Å². The number of carbonyl (C=O) groups excluding carboxylic acids is 1. The van der Waals surface area contributed by atoms with E-state index in [1.165, 1.54) is 24.6 Å². The zero-order chi connectivity index (χ0) is 19.7. The van der Waals surface area contributed by atoms with Crippen molar-refractivity contribution in [3.8, 4) is 0 Å². The van der Waals surface area contributed by atoms with Crippen LogP contribution in [0.4, 0.5) is 28.1 Å². The standard InChI is InChI=1S/C20H18N6OS/c1-11-4-3-5-15-17(11)25-20(28-15)26-19-16(21)18(22-10-23-19)24-14-8-6-13(7-9-14)12(2)27/h3-10H,21H2,1-2H3,(H2,22,23,24,25,26). The lowest BCUT2D eigenvalue weighted by Crippen LogP contribution is -2.05. The number of fused-ring (bicyclic) bond motifs is 1. The first-order chi connectivity index (χ1) is 13.5. The van der Waals surface area contributed by atoms with Crippen LogP contribution in [0.3, 0.4) is 0 Å². The van der Waals surface area contributed by atoms with Gasteiger partial charge in [0.2, 0.25) is 0 Å². The Hall–Kier alpha value is -3.52. The number of aryl methyl sites for hydroxylation is 1. The number of hydrogen-bond donors (Lipinski definition) is 3. The molecule has 0 unspecified atom stereocenters. The number of hydrogen-bond acceptors (Lipinski definition) is 8. The summed E-state index contributed by atoms with van der Waals surface area (Å²) < 4.78 is 1.10. The Balaban J connectivity index is 1.59. The SMILES string of the molecule is CC(=O)c1ccc(Nc2ncnc(Nc3nc4c(C)cccc4s3)c2N)cc1. The molecular weight excluding hydrogens is 372 g/mol. The monoisotopic (exact) mass is 390 g/mol. The van der Waals surface area contributed by atoms with Crippen LogP contribution in [0.2, 0.25) is 0 Å². The molecule has 0 amide bonds. The normalized spacial score (nSPS) is 10.8. The second-order valence-corrected chi connectivity index (χ2v) is 7.34. The van der Waals surface area contributed by atoms with Crippen molar-refractivity contribution in [3.63, 3.8) is 0 Å². The summed E-state index contributed by atoms with van der Waals surface area (Å²) in [5, 5.41) is 7.06. The van der Waals surface area contributed by atoms with Crippen LogP contribution in [0.1, 0.15) is 22.8 Å². The summed E-state index contributed by atoms with van der Waals surface area (Å²) in [7, 11) is 0. The third kappa shape index (κ3) is 3.49. The highest BCUT2D eigenvalue weighted by atomic mass is 32.1. The van der Waals surface area contributed by atoms with Crippen LogP contribution in [0.5, 0.6) is 0 Å². The number of carbonyl (C=O) groups is 1. The van der Waals surface area contributed by atoms with E-state index in [1.807, 2.05) is 37.3 Å². The number of para-hydroxylation sites is 1. The van der Waals surface area contributed by atoms with Crippen LogP contribution in [-0.2, 0) is 0 Å². The van der Waals surface area contributed by atoms with Gasteiger partial charge in [0.05, 0.1) is 10.2 Å². The van der Waals surface area contributed by atoms with Gasteiger partial charge in [-0.25, -0.2) is 15.0 Å². The number of nitrogens with two attached hydrogens (primary N) is 1. The van der Waals surface area contributed by atoms with Gasteiger partial charge in [0.1, 0.15) is 12.0 Å². The highest BCUT2D eigenvalue weighted by Gasteiger charge is 2.12. The lowest BCUT2D eigenvalue weighted by atomic mass is 10.1. The van der Waals surface area contributed by atoms with E-state index in [4.69, 9.17) is 5.73 Å². The Morgan fingerprint density at radius 1 is 1.04 bits per heavy atom. The van der Waals surface area contributed by atoms with Crippen LogP contribution < -0.4 is 16.4 Å². The summed E-state index contributed by atoms with van der Waals surface area (Å²) in [6.45, 7) is 3.57. The van der Waals surface area contributed by atoms with Gasteiger partial charge >= 0.3 is 0 Å². The molecular formula is C20H18N6OS. The van der Waals surface area contributed by atoms with Gasteiger partial charge in [0.15, 0.2) is 22.6 Å². The zero-order valence-electron chi connectivity index (χ0n) is 15.4. The maximum Gasteiger partial charge on any atom is 0.189 e. The average molecular weight is 390 g/mol. The summed E-state index contributed by atoms with van der Waals surface area (Å²) in [6, 6.07) is 13.2. The average Bonchev–Trinajstić information content (AvgIpc) is 3.09. The zero-order valence-corrected chi connectivity index (χ0v) is 16.2. The fraction of sp³-hybridized carbons (Fsp3) is 0.100. The molecule has 0 aliphatic carbocycles. The third-order valence-electron chi connectivity index (χ3n) is 4.28. The van der Waals surface area contributed by atoms with Crippen LogP contribution in [0.15, 0.2) is 48.8 Å². The topological polar surface area (TPSA) is 106 Å². The fourth-order valence-electron chi connectivity index (χ4n) is 2.76. The molecule has 7 nitrogen and oxygen atoms in total. The molecule has 0 fully saturated rings. The second kappa shape index (κ2) is 7.24. The van der Waals surface area contributed by atoms with E-state index in [9.17, 15) is 4.79 Å². The van der Waals surface area contributed by atoms with Crippen molar-refractivity contribution in [3.05, 3.63) is 59.9 Å². The minimum Gasteiger partial charge on any atom is -0.393 e. The molecule has 0 radical (unpaired) electrons. The molecule has 0 saturated carbocycles. The molecule has 0 spiro atoms. The van der Waals surface area contributed by atoms with Gasteiger partial charge in [-0.3, -0.25) is 4.79 Å². The Morgan fingerprint density at radius 2 is 1.75 bits per heavy atom. The molecule has 4 rings (SSSR count). The highest BCUT2D eigenvalue weighted by molar-refractivity contribution is 7.22. The first-order valence-electron chi connectivity index (χ1n) is 8.63. The van der Waals surface area contributed by atoms with Gasteiger partial charge in [0.25, 0.3) is 0 Å². The van der Waals surface area contributed by atoms with Crippen molar-refractivity contribution in [1.29, 1.82) is 0 Å². The van der Waals surface area contributed by atoms with Crippen molar-refractivity contribution in [1.82, 2.24) is 15.0 Å². The minimum atomic E-state index is 0.0191. The molecule has 8 heteroatoms. The molecule has 0 atom stereocenters. The molecule has 0 aliphatic rings. The molecule has 4 N–H and O–H groups in total. The predicted octanol–water partition coefficient (Wildman–Crippen LogP) is 4.67. The van der Waals surface area contributed by atoms with E-state index in [2.05, 4.69) is 25.6 Å². The third-order valence-corrected chi connectivity index (χ3v) is 5.22. The summed E-state index contributed by atoms with van der Waals surface area (Å²) in [6.07, 6.45) is 1.43. The largest absolute Gasteiger partial charge is 0.393 e. The van der Waals surface area contributed by atoms with E-state index in [0.29, 0.717) is 28.0 Å². The molecule has 4 aromatic rings. The number of nitrogens with one attached hydrogen (secondary N) is 2. The molecule has 2 aromatic heterocycles. The van der Waals surface area contributed by atoms with E-state index < -0.39 is 0 Å². The molecule has 0 saturated heterocycles. The lowest BCUT2D eigenvalue weighted by molar-refractivity contribution is 0.101. The number of ketones is 1. The fourth-order valence-corrected chi connectivity index (χ4v) is 3.70. The van der Waals surface area contributed by atoms with Crippen LogP contribution in [0, 0.1) is 6.92 Å². The summed E-state index contributed by atoms with van der Waals surface area (Å²) in [5.74, 6) is 0.977. The maximum atomic E-state index is 11.4. The number of nitrogens with zero attached hydrogens (tertiary/aromatic N) is 3. The Morgan fingerprint density at radius 3 is 2.43 bits per heavy atom. The Labute approximate surface area is 165 Å². The molecule has 0 aliphatic heterocycles. The number of rotatable bonds is 5. The number of anilines is 5. The minimum absolute atomic E-state index is 0.0191. The number of thiazole rings is 1. The first kappa shape index (κ1) is 17.9. The first-order valence-corrected chi connectivity index (χ1v) is 9.44. The van der Waals surface area contributed by atoms with Crippen LogP contribution >= 0.6 is 11.3 Å². The van der Waals surface area contributed by atoms with Gasteiger partial charge in [0, 0.05) is 11.3 Å². The summed E-state index contributed by atoms with van der Waals surface area (Å²) >= 11 is 1.54. The molecule has 28 heavy (non-hydrogen) atoms. The maximum absolute atomic E-state index is 11.4. The van der Waals surface area contributed by atoms with Gasteiger partial charge < -0.3 is 16.4 Å². The molecule has 140 valence electrons. The van der Waals surface area contributed by atoms with E-state index >= 15 is 0 Å². The van der Waals surface area contributed by atoms with Crippen LogP contribution in [0.25, 0.3) is 10.2 Å². The lowest BCUT2D eigenvalue weighted by Gasteiger charge is -2.11. The summed E-state index contributed by atoms with van der Waals surface area (Å²) in [4.78, 5) is 24.5. The molecule has 2 aromatic carbocycles. The number of aromatic nitrogens is 3. The van der Waals surface area contributed by atoms with E-state index in [1.54, 1.807) is 12.1 Å². The predicted molar refractivity (Wildman–Crippen MR) is 114 cm³/mol. The number of benzene rings is 2. The van der Waals surface area contributed by atoms with Crippen molar-refractivity contribution in [2.24, 2.45) is 0 Å². The Kier molecular flexibility index (Phi) is 4.62. The quantitative estimate of drug-likeness (QED) is 0.425. The van der Waals surface area contributed by atoms with Crippen molar-refractivity contribution in [2.45, 2.75) is 13.8 Å². The Bertz CT molecular complexity index is 1170. The van der Waals surface area contributed by atoms with E-state index in [0.717, 1.165) is 21.5 Å². The van der Waals surface area contributed by atoms with Crippen LogP contribution in [-0.4, -0.2) is 20.7 Å². The van der Waals surface area contributed by atoms with Gasteiger partial charge in [-0.1, -0.05) is 23.5 Å². The number of nitrogen functional groups attached to an aromatic ring is 1. The smallest absolute Gasteiger partial charge is 0.189 e. The molecule has 2 heterocycles. The van der Waals surface area contributed by atoms with Gasteiger partial charge in [-0.15, -0.1) is 0 Å². The van der Waals surface area contributed by atoms with Crippen molar-refractivity contribution in [2.75, 3.05) is 16.4 Å². The molecule has 0 bridgehead atoms. The van der Waals surface area contributed by atoms with E-state index in [-0.39, 0.29) is 5.78 Å². The summed E-state index contributed by atoms with van der Waals surface area (Å²) in [5.41, 5.74) is 10.1. The van der Waals surface area contributed by atoms with Crippen molar-refractivity contribution < 1.29 is 4.79 Å².